The summed E-state index contributed by atoms with van der Waals surface area (Å²) in [6.07, 6.45) is 0.337. The summed E-state index contributed by atoms with van der Waals surface area (Å²) in [5.41, 5.74) is -0.286. The Labute approximate surface area is 156 Å². The zero-order chi connectivity index (χ0) is 19.4. The van der Waals surface area contributed by atoms with Crippen LogP contribution in [-0.2, 0) is 16.7 Å². The lowest BCUT2D eigenvalue weighted by Crippen LogP contribution is -2.36. The van der Waals surface area contributed by atoms with Crippen molar-refractivity contribution in [1.82, 2.24) is 9.88 Å². The highest BCUT2D eigenvalue weighted by Crippen LogP contribution is 2.45. The van der Waals surface area contributed by atoms with Crippen LogP contribution in [0, 0.1) is 0 Å². The molecule has 3 aliphatic rings. The number of aliphatic imine (C=N–C) groups is 1. The number of aromatic nitrogens is 1. The summed E-state index contributed by atoms with van der Waals surface area (Å²) in [6, 6.07) is 1.71. The van der Waals surface area contributed by atoms with Crippen molar-refractivity contribution in [1.29, 1.82) is 0 Å². The summed E-state index contributed by atoms with van der Waals surface area (Å²) in [7, 11) is 0. The second-order valence-corrected chi connectivity index (χ2v) is 6.97. The molecule has 4 rings (SSSR count). The van der Waals surface area contributed by atoms with Gasteiger partial charge in [-0.15, -0.1) is 0 Å². The fraction of sp³-hybridized carbons (Fsp3) is 0.412. The fourth-order valence-electron chi connectivity index (χ4n) is 3.79. The number of pyridine rings is 1. The van der Waals surface area contributed by atoms with Crippen molar-refractivity contribution in [3.63, 3.8) is 0 Å². The molecule has 0 fully saturated rings. The van der Waals surface area contributed by atoms with Crippen molar-refractivity contribution >= 4 is 17.4 Å². The fourth-order valence-corrected chi connectivity index (χ4v) is 3.97. The third-order valence-electron chi connectivity index (χ3n) is 4.86. The van der Waals surface area contributed by atoms with Crippen molar-refractivity contribution in [2.45, 2.75) is 37.6 Å². The SMILES string of the molecule is FC(F)OC1=CC(C(F)(F)F)=CN2C[C@@]3(CCCc4cc(Cl)ncc43)N=C12. The van der Waals surface area contributed by atoms with E-state index in [1.54, 1.807) is 12.3 Å². The molecular weight excluding hydrogens is 393 g/mol. The van der Waals surface area contributed by atoms with Gasteiger partial charge in [0.1, 0.15) is 10.7 Å². The molecule has 1 spiro atoms. The van der Waals surface area contributed by atoms with E-state index >= 15 is 0 Å². The molecule has 0 saturated heterocycles. The lowest BCUT2D eigenvalue weighted by atomic mass is 9.78. The summed E-state index contributed by atoms with van der Waals surface area (Å²) >= 11 is 5.94. The summed E-state index contributed by atoms with van der Waals surface area (Å²) < 4.78 is 69.4. The van der Waals surface area contributed by atoms with E-state index < -0.39 is 29.7 Å². The summed E-state index contributed by atoms with van der Waals surface area (Å²) in [4.78, 5) is 9.84. The quantitative estimate of drug-likeness (QED) is 0.534. The number of rotatable bonds is 2. The van der Waals surface area contributed by atoms with Gasteiger partial charge < -0.3 is 9.64 Å². The highest BCUT2D eigenvalue weighted by molar-refractivity contribution is 6.29. The maximum absolute atomic E-state index is 13.2. The van der Waals surface area contributed by atoms with Crippen LogP contribution in [-0.4, -0.2) is 35.1 Å². The van der Waals surface area contributed by atoms with Crippen molar-refractivity contribution in [3.8, 4) is 0 Å². The Hall–Kier alpha value is -2.16. The molecule has 0 N–H and O–H groups in total. The molecule has 144 valence electrons. The van der Waals surface area contributed by atoms with Gasteiger partial charge in [0, 0.05) is 18.0 Å². The topological polar surface area (TPSA) is 37.7 Å². The van der Waals surface area contributed by atoms with Crippen molar-refractivity contribution < 1.29 is 26.7 Å². The van der Waals surface area contributed by atoms with E-state index in [-0.39, 0.29) is 12.4 Å². The maximum Gasteiger partial charge on any atom is 0.417 e. The van der Waals surface area contributed by atoms with E-state index in [4.69, 9.17) is 11.6 Å². The van der Waals surface area contributed by atoms with Gasteiger partial charge in [0.2, 0.25) is 0 Å². The number of amidine groups is 1. The van der Waals surface area contributed by atoms with Gasteiger partial charge in [0.15, 0.2) is 11.6 Å². The third-order valence-corrected chi connectivity index (χ3v) is 5.07. The van der Waals surface area contributed by atoms with Crippen LogP contribution in [0.5, 0.6) is 0 Å². The first-order valence-electron chi connectivity index (χ1n) is 8.15. The molecule has 0 unspecified atom stereocenters. The number of fused-ring (bicyclic) bond motifs is 3. The Balaban J connectivity index is 1.80. The van der Waals surface area contributed by atoms with Gasteiger partial charge >= 0.3 is 12.8 Å². The number of allylic oxidation sites excluding steroid dienone is 2. The van der Waals surface area contributed by atoms with Crippen LogP contribution in [0.1, 0.15) is 24.0 Å². The molecule has 1 atom stereocenters. The smallest absolute Gasteiger partial charge is 0.417 e. The van der Waals surface area contributed by atoms with Crippen LogP contribution in [0.2, 0.25) is 5.15 Å². The monoisotopic (exact) mass is 405 g/mol. The van der Waals surface area contributed by atoms with Crippen LogP contribution in [0.3, 0.4) is 0 Å². The van der Waals surface area contributed by atoms with E-state index in [0.717, 1.165) is 30.2 Å². The Bertz CT molecular complexity index is 880. The zero-order valence-corrected chi connectivity index (χ0v) is 14.5. The minimum atomic E-state index is -4.70. The molecule has 2 aliphatic heterocycles. The number of ether oxygens (including phenoxy) is 1. The third kappa shape index (κ3) is 3.18. The van der Waals surface area contributed by atoms with Gasteiger partial charge in [-0.2, -0.15) is 22.0 Å². The van der Waals surface area contributed by atoms with Crippen molar-refractivity contribution in [2.24, 2.45) is 4.99 Å². The second kappa shape index (κ2) is 6.19. The minimum Gasteiger partial charge on any atom is -0.431 e. The molecule has 1 aliphatic carbocycles. The highest BCUT2D eigenvalue weighted by Gasteiger charge is 2.47. The predicted octanol–water partition coefficient (Wildman–Crippen LogP) is 4.56. The number of aryl methyl sites for hydroxylation is 1. The van der Waals surface area contributed by atoms with Crippen LogP contribution in [0.25, 0.3) is 0 Å². The molecule has 0 radical (unpaired) electrons. The Kier molecular flexibility index (Phi) is 4.17. The Morgan fingerprint density at radius 3 is 2.78 bits per heavy atom. The van der Waals surface area contributed by atoms with E-state index in [2.05, 4.69) is 14.7 Å². The highest BCUT2D eigenvalue weighted by atomic mass is 35.5. The van der Waals surface area contributed by atoms with E-state index in [1.165, 1.54) is 4.90 Å². The van der Waals surface area contributed by atoms with Crippen LogP contribution >= 0.6 is 11.6 Å². The molecule has 0 aromatic carbocycles. The number of hydrogen-bond acceptors (Lipinski definition) is 4. The molecule has 1 aromatic rings. The predicted molar refractivity (Wildman–Crippen MR) is 87.3 cm³/mol. The van der Waals surface area contributed by atoms with Crippen molar-refractivity contribution in [2.75, 3.05) is 6.54 Å². The molecule has 4 nitrogen and oxygen atoms in total. The van der Waals surface area contributed by atoms with Gasteiger partial charge in [-0.3, -0.25) is 4.99 Å². The van der Waals surface area contributed by atoms with Crippen molar-refractivity contribution in [3.05, 3.63) is 52.2 Å². The average Bonchev–Trinajstić information content (AvgIpc) is 2.92. The van der Waals surface area contributed by atoms with Crippen LogP contribution in [0.4, 0.5) is 22.0 Å². The Morgan fingerprint density at radius 2 is 2.07 bits per heavy atom. The standard InChI is InChI=1S/C17H13ClF5N3O/c18-13-4-9-2-1-3-16(11(9)6-24-13)8-26-7-10(17(21,22)23)5-12(14(26)25-16)27-15(19)20/h4-7,15H,1-3,8H2/t16-/m1/s1. The van der Waals surface area contributed by atoms with Gasteiger partial charge in [-0.05, 0) is 37.0 Å². The second-order valence-electron chi connectivity index (χ2n) is 6.58. The molecular formula is C17H13ClF5N3O. The maximum atomic E-state index is 13.2. The molecule has 1 aromatic heterocycles. The average molecular weight is 406 g/mol. The number of nitrogens with zero attached hydrogens (tertiary/aromatic N) is 3. The van der Waals surface area contributed by atoms with Gasteiger partial charge in [-0.1, -0.05) is 11.6 Å². The summed E-state index contributed by atoms with van der Waals surface area (Å²) in [5.74, 6) is -0.628. The first-order valence-corrected chi connectivity index (χ1v) is 8.53. The summed E-state index contributed by atoms with van der Waals surface area (Å²) in [5, 5.41) is 0.315. The van der Waals surface area contributed by atoms with Crippen LogP contribution < -0.4 is 0 Å². The first-order chi connectivity index (χ1) is 12.7. The number of hydrogen-bond donors (Lipinski definition) is 0. The summed E-state index contributed by atoms with van der Waals surface area (Å²) in [6.45, 7) is -3.17. The molecule has 0 amide bonds. The van der Waals surface area contributed by atoms with E-state index in [0.29, 0.717) is 17.6 Å². The lowest BCUT2D eigenvalue weighted by molar-refractivity contribution is -0.0981. The molecule has 27 heavy (non-hydrogen) atoms. The first kappa shape index (κ1) is 18.2. The van der Waals surface area contributed by atoms with Gasteiger partial charge in [-0.25, -0.2) is 4.98 Å². The molecule has 0 bridgehead atoms. The molecule has 10 heteroatoms. The number of alkyl halides is 5. The molecule has 3 heterocycles. The largest absolute Gasteiger partial charge is 0.431 e. The van der Waals surface area contributed by atoms with Crippen LogP contribution in [0.15, 0.2) is 40.9 Å². The van der Waals surface area contributed by atoms with E-state index in [9.17, 15) is 22.0 Å². The minimum absolute atomic E-state index is 0.0360. The number of halogens is 6. The zero-order valence-electron chi connectivity index (χ0n) is 13.7. The van der Waals surface area contributed by atoms with E-state index in [1.807, 2.05) is 0 Å². The lowest BCUT2D eigenvalue weighted by Gasteiger charge is -2.33. The molecule has 0 saturated carbocycles. The normalized spacial score (nSPS) is 24.4. The van der Waals surface area contributed by atoms with Gasteiger partial charge in [0.05, 0.1) is 12.1 Å². The Morgan fingerprint density at radius 1 is 1.30 bits per heavy atom. The van der Waals surface area contributed by atoms with Gasteiger partial charge in [0.25, 0.3) is 0 Å².